The first kappa shape index (κ1) is 20.6. The van der Waals surface area contributed by atoms with Gasteiger partial charge in [0.05, 0.1) is 31.5 Å². The van der Waals surface area contributed by atoms with E-state index in [1.807, 2.05) is 11.0 Å². The number of carbonyl (C=O) groups is 1. The molecule has 8 heteroatoms. The minimum Gasteiger partial charge on any atom is -0.381 e. The number of amidine groups is 1. The van der Waals surface area contributed by atoms with Crippen molar-refractivity contribution in [2.45, 2.75) is 32.2 Å². The van der Waals surface area contributed by atoms with Crippen LogP contribution in [0, 0.1) is 5.41 Å². The van der Waals surface area contributed by atoms with Gasteiger partial charge in [-0.15, -0.1) is 0 Å². The van der Waals surface area contributed by atoms with Gasteiger partial charge >= 0.3 is 0 Å². The Balaban J connectivity index is 1.45. The first-order valence-electron chi connectivity index (χ1n) is 11.2. The summed E-state index contributed by atoms with van der Waals surface area (Å²) in [6.07, 6.45) is 6.00. The minimum absolute atomic E-state index is 0.0508. The van der Waals surface area contributed by atoms with E-state index in [0.717, 1.165) is 54.0 Å². The molecule has 2 N–H and O–H groups in total. The number of nitrogens with one attached hydrogen (secondary N) is 2. The second kappa shape index (κ2) is 8.70. The first-order valence-corrected chi connectivity index (χ1v) is 11.2. The van der Waals surface area contributed by atoms with Crippen molar-refractivity contribution < 1.29 is 9.53 Å². The second-order valence-electron chi connectivity index (χ2n) is 8.57. The molecule has 1 fully saturated rings. The third-order valence-electron chi connectivity index (χ3n) is 6.44. The molecule has 3 aliphatic heterocycles. The molecule has 1 saturated heterocycles. The van der Waals surface area contributed by atoms with Crippen molar-refractivity contribution in [3.8, 4) is 11.3 Å². The monoisotopic (exact) mass is 432 g/mol. The number of fused-ring (bicyclic) bond motifs is 1. The van der Waals surface area contributed by atoms with Gasteiger partial charge in [0.25, 0.3) is 0 Å². The van der Waals surface area contributed by atoms with E-state index in [0.29, 0.717) is 38.2 Å². The summed E-state index contributed by atoms with van der Waals surface area (Å²) >= 11 is 0. The number of aryl methyl sites for hydroxylation is 1. The Morgan fingerprint density at radius 3 is 2.81 bits per heavy atom. The molecule has 0 bridgehead atoms. The lowest BCUT2D eigenvalue weighted by molar-refractivity contribution is -0.128. The van der Waals surface area contributed by atoms with Crippen molar-refractivity contribution in [3.63, 3.8) is 0 Å². The van der Waals surface area contributed by atoms with Gasteiger partial charge in [-0.1, -0.05) is 6.07 Å². The molecule has 0 radical (unpaired) electrons. The van der Waals surface area contributed by atoms with E-state index in [1.54, 1.807) is 19.4 Å². The highest BCUT2D eigenvalue weighted by atomic mass is 16.5. The molecule has 5 rings (SSSR count). The second-order valence-corrected chi connectivity index (χ2v) is 8.57. The van der Waals surface area contributed by atoms with E-state index in [9.17, 15) is 4.79 Å². The average molecular weight is 433 g/mol. The topological polar surface area (TPSA) is 94.4 Å². The average Bonchev–Trinajstić information content (AvgIpc) is 2.80. The summed E-state index contributed by atoms with van der Waals surface area (Å²) in [6, 6.07) is 8.55. The molecule has 2 aromatic rings. The standard InChI is InChI=1S/C24H28N6O2/c1-16(31)29-10-7-22(28-19-13-32-14-19)20(12-29)24(25)30-9-2-3-18-11-17(4-5-23(18)30)21-6-8-26-15-27-21/h4-6,8,11,15,19,25,28H,2-3,7,9-10,12-14H2,1H3. The maximum Gasteiger partial charge on any atom is 0.219 e. The lowest BCUT2D eigenvalue weighted by atomic mass is 9.96. The smallest absolute Gasteiger partial charge is 0.219 e. The first-order chi connectivity index (χ1) is 15.6. The molecule has 1 aromatic carbocycles. The number of rotatable bonds is 4. The van der Waals surface area contributed by atoms with Gasteiger partial charge in [-0.3, -0.25) is 10.2 Å². The fourth-order valence-electron chi connectivity index (χ4n) is 4.59. The maximum absolute atomic E-state index is 12.1. The normalized spacial score (nSPS) is 18.8. The molecule has 1 aromatic heterocycles. The Morgan fingerprint density at radius 2 is 2.09 bits per heavy atom. The number of hydrogen-bond donors (Lipinski definition) is 2. The summed E-state index contributed by atoms with van der Waals surface area (Å²) in [5.41, 5.74) is 6.23. The van der Waals surface area contributed by atoms with E-state index in [-0.39, 0.29) is 5.91 Å². The number of amides is 1. The Bertz CT molecular complexity index is 1060. The zero-order valence-electron chi connectivity index (χ0n) is 18.3. The van der Waals surface area contributed by atoms with Crippen LogP contribution < -0.4 is 10.2 Å². The molecule has 0 spiro atoms. The molecule has 0 unspecified atom stereocenters. The van der Waals surface area contributed by atoms with Crippen molar-refractivity contribution in [1.29, 1.82) is 5.41 Å². The van der Waals surface area contributed by atoms with Gasteiger partial charge in [-0.2, -0.15) is 0 Å². The predicted octanol–water partition coefficient (Wildman–Crippen LogP) is 2.37. The lowest BCUT2D eigenvalue weighted by Gasteiger charge is -2.38. The van der Waals surface area contributed by atoms with Crippen molar-refractivity contribution in [2.75, 3.05) is 37.7 Å². The van der Waals surface area contributed by atoms with Gasteiger partial charge in [-0.05, 0) is 36.6 Å². The highest BCUT2D eigenvalue weighted by Gasteiger charge is 2.30. The summed E-state index contributed by atoms with van der Waals surface area (Å²) < 4.78 is 5.32. The van der Waals surface area contributed by atoms with Gasteiger partial charge in [0.15, 0.2) is 0 Å². The van der Waals surface area contributed by atoms with Crippen molar-refractivity contribution in [3.05, 3.63) is 53.6 Å². The van der Waals surface area contributed by atoms with Crippen molar-refractivity contribution in [2.24, 2.45) is 0 Å². The minimum atomic E-state index is 0.0508. The fourth-order valence-corrected chi connectivity index (χ4v) is 4.59. The molecular formula is C24H28N6O2. The third kappa shape index (κ3) is 3.98. The van der Waals surface area contributed by atoms with Gasteiger partial charge in [0.2, 0.25) is 5.91 Å². The van der Waals surface area contributed by atoms with Gasteiger partial charge < -0.3 is 19.9 Å². The molecule has 0 aliphatic carbocycles. The van der Waals surface area contributed by atoms with Crippen LogP contribution in [0.5, 0.6) is 0 Å². The molecule has 32 heavy (non-hydrogen) atoms. The van der Waals surface area contributed by atoms with E-state index < -0.39 is 0 Å². The van der Waals surface area contributed by atoms with Crippen LogP contribution in [0.2, 0.25) is 0 Å². The SMILES string of the molecule is CC(=O)N1CCC(NC2COC2)=C(C(=N)N2CCCc3cc(-c4ccncn4)ccc32)C1. The Kier molecular flexibility index (Phi) is 5.61. The number of ether oxygens (including phenoxy) is 1. The van der Waals surface area contributed by atoms with Crippen LogP contribution in [0.1, 0.15) is 25.3 Å². The third-order valence-corrected chi connectivity index (χ3v) is 6.44. The quantitative estimate of drug-likeness (QED) is 0.569. The predicted molar refractivity (Wildman–Crippen MR) is 123 cm³/mol. The molecule has 166 valence electrons. The van der Waals surface area contributed by atoms with Gasteiger partial charge in [0, 0.05) is 55.2 Å². The van der Waals surface area contributed by atoms with Crippen LogP contribution in [0.4, 0.5) is 5.69 Å². The van der Waals surface area contributed by atoms with E-state index in [4.69, 9.17) is 10.1 Å². The molecule has 0 atom stereocenters. The van der Waals surface area contributed by atoms with E-state index in [2.05, 4.69) is 38.4 Å². The van der Waals surface area contributed by atoms with Crippen molar-refractivity contribution >= 4 is 17.4 Å². The molecule has 3 aliphatic rings. The molecule has 4 heterocycles. The summed E-state index contributed by atoms with van der Waals surface area (Å²) in [6.45, 7) is 4.93. The van der Waals surface area contributed by atoms with Gasteiger partial charge in [-0.25, -0.2) is 9.97 Å². The molecule has 0 saturated carbocycles. The summed E-state index contributed by atoms with van der Waals surface area (Å²) in [5.74, 6) is 0.532. The largest absolute Gasteiger partial charge is 0.381 e. The fraction of sp³-hybridized carbons (Fsp3) is 0.417. The number of aromatic nitrogens is 2. The number of nitrogens with zero attached hydrogens (tertiary/aromatic N) is 4. The van der Waals surface area contributed by atoms with Crippen LogP contribution in [-0.2, 0) is 16.0 Å². The molecule has 1 amide bonds. The summed E-state index contributed by atoms with van der Waals surface area (Å²) in [5, 5.41) is 12.7. The van der Waals surface area contributed by atoms with Crippen molar-refractivity contribution in [1.82, 2.24) is 20.2 Å². The zero-order chi connectivity index (χ0) is 22.1. The number of benzene rings is 1. The summed E-state index contributed by atoms with van der Waals surface area (Å²) in [4.78, 5) is 24.4. The van der Waals surface area contributed by atoms with Crippen LogP contribution in [-0.4, -0.2) is 65.5 Å². The van der Waals surface area contributed by atoms with E-state index in [1.165, 1.54) is 5.56 Å². The highest BCUT2D eigenvalue weighted by Crippen LogP contribution is 2.33. The number of carbonyl (C=O) groups excluding carboxylic acids is 1. The highest BCUT2D eigenvalue weighted by molar-refractivity contribution is 6.09. The van der Waals surface area contributed by atoms with Crippen LogP contribution in [0.3, 0.4) is 0 Å². The zero-order valence-corrected chi connectivity index (χ0v) is 18.3. The van der Waals surface area contributed by atoms with Crippen LogP contribution in [0.15, 0.2) is 48.1 Å². The Hall–Kier alpha value is -3.26. The lowest BCUT2D eigenvalue weighted by Crippen LogP contribution is -2.50. The van der Waals surface area contributed by atoms with Gasteiger partial charge in [0.1, 0.15) is 12.2 Å². The Morgan fingerprint density at radius 1 is 1.22 bits per heavy atom. The van der Waals surface area contributed by atoms with E-state index >= 15 is 0 Å². The number of hydrogen-bond acceptors (Lipinski definition) is 6. The number of anilines is 1. The van der Waals surface area contributed by atoms with Crippen LogP contribution >= 0.6 is 0 Å². The molecule has 8 nitrogen and oxygen atoms in total. The maximum atomic E-state index is 12.1. The summed E-state index contributed by atoms with van der Waals surface area (Å²) in [7, 11) is 0. The molecular weight excluding hydrogens is 404 g/mol. The Labute approximate surface area is 187 Å². The van der Waals surface area contributed by atoms with Crippen LogP contribution in [0.25, 0.3) is 11.3 Å².